The number of rotatable bonds is 3. The summed E-state index contributed by atoms with van der Waals surface area (Å²) in [5, 5.41) is 15.4. The van der Waals surface area contributed by atoms with Gasteiger partial charge in [0.2, 0.25) is 0 Å². The fraction of sp³-hybridized carbons (Fsp3) is 0.111. The second-order valence-electron chi connectivity index (χ2n) is 3.22. The highest BCUT2D eigenvalue weighted by Crippen LogP contribution is 2.33. The molecule has 0 radical (unpaired) electrons. The van der Waals surface area contributed by atoms with E-state index < -0.39 is 4.92 Å². The van der Waals surface area contributed by atoms with Crippen molar-refractivity contribution in [1.82, 2.24) is 9.78 Å². The predicted octanol–water partition coefficient (Wildman–Crippen LogP) is 2.70. The van der Waals surface area contributed by atoms with E-state index in [4.69, 9.17) is 11.6 Å². The molecule has 0 aliphatic carbocycles. The Morgan fingerprint density at radius 3 is 2.82 bits per heavy atom. The SMILES string of the molecule is CC(=O)c1cc([N+](=O)[O-])c(-n2cc(Cl)cn2)s1. The molecule has 2 aromatic rings. The van der Waals surface area contributed by atoms with Gasteiger partial charge in [0.15, 0.2) is 10.8 Å². The van der Waals surface area contributed by atoms with Gasteiger partial charge >= 0.3 is 5.69 Å². The molecule has 0 fully saturated rings. The number of nitrogens with zero attached hydrogens (tertiary/aromatic N) is 3. The minimum absolute atomic E-state index is 0.153. The van der Waals surface area contributed by atoms with E-state index in [9.17, 15) is 14.9 Å². The van der Waals surface area contributed by atoms with Crippen LogP contribution < -0.4 is 0 Å². The molecule has 2 rings (SSSR count). The number of hydrogen-bond donors (Lipinski definition) is 0. The summed E-state index contributed by atoms with van der Waals surface area (Å²) in [5.41, 5.74) is -0.153. The highest BCUT2D eigenvalue weighted by Gasteiger charge is 2.22. The largest absolute Gasteiger partial charge is 0.306 e. The van der Waals surface area contributed by atoms with Gasteiger partial charge in [-0.2, -0.15) is 5.10 Å². The van der Waals surface area contributed by atoms with E-state index in [0.717, 1.165) is 11.3 Å². The van der Waals surface area contributed by atoms with Crippen molar-refractivity contribution in [2.75, 3.05) is 0 Å². The molecular weight excluding hydrogens is 266 g/mol. The van der Waals surface area contributed by atoms with E-state index in [-0.39, 0.29) is 16.5 Å². The molecule has 6 nitrogen and oxygen atoms in total. The zero-order valence-corrected chi connectivity index (χ0v) is 10.2. The molecule has 0 saturated carbocycles. The maximum Gasteiger partial charge on any atom is 0.306 e. The van der Waals surface area contributed by atoms with Gasteiger partial charge in [0.25, 0.3) is 0 Å². The summed E-state index contributed by atoms with van der Waals surface area (Å²) >= 11 is 6.71. The van der Waals surface area contributed by atoms with Gasteiger partial charge in [0, 0.05) is 6.07 Å². The van der Waals surface area contributed by atoms with Crippen LogP contribution in [0.1, 0.15) is 16.6 Å². The summed E-state index contributed by atoms with van der Waals surface area (Å²) in [5.74, 6) is -0.220. The van der Waals surface area contributed by atoms with E-state index in [1.165, 1.54) is 30.1 Å². The molecule has 2 heterocycles. The predicted molar refractivity (Wildman–Crippen MR) is 63.1 cm³/mol. The van der Waals surface area contributed by atoms with E-state index in [1.54, 1.807) is 0 Å². The smallest absolute Gasteiger partial charge is 0.294 e. The van der Waals surface area contributed by atoms with Crippen LogP contribution in [0, 0.1) is 10.1 Å². The minimum atomic E-state index is -0.548. The molecule has 0 aliphatic heterocycles. The average Bonchev–Trinajstić information content (AvgIpc) is 2.82. The minimum Gasteiger partial charge on any atom is -0.294 e. The molecule has 2 aromatic heterocycles. The van der Waals surface area contributed by atoms with Crippen LogP contribution in [0.5, 0.6) is 0 Å². The molecule has 0 aliphatic rings. The number of ketones is 1. The molecule has 0 bridgehead atoms. The number of hydrogen-bond acceptors (Lipinski definition) is 5. The highest BCUT2D eigenvalue weighted by atomic mass is 35.5. The fourth-order valence-corrected chi connectivity index (χ4v) is 2.34. The maximum absolute atomic E-state index is 11.2. The van der Waals surface area contributed by atoms with Crippen LogP contribution in [0.3, 0.4) is 0 Å². The third-order valence-electron chi connectivity index (χ3n) is 2.00. The molecule has 88 valence electrons. The Kier molecular flexibility index (Phi) is 2.95. The van der Waals surface area contributed by atoms with Crippen LogP contribution in [0.4, 0.5) is 5.69 Å². The van der Waals surface area contributed by atoms with Gasteiger partial charge in [0.05, 0.1) is 27.2 Å². The lowest BCUT2D eigenvalue weighted by Gasteiger charge is -1.95. The highest BCUT2D eigenvalue weighted by molar-refractivity contribution is 7.17. The summed E-state index contributed by atoms with van der Waals surface area (Å²) in [6.45, 7) is 1.36. The molecule has 17 heavy (non-hydrogen) atoms. The third kappa shape index (κ3) is 2.20. The van der Waals surface area contributed by atoms with Crippen LogP contribution in [0.2, 0.25) is 5.02 Å². The van der Waals surface area contributed by atoms with Crippen molar-refractivity contribution in [3.05, 3.63) is 38.5 Å². The third-order valence-corrected chi connectivity index (χ3v) is 3.41. The number of thiophene rings is 1. The summed E-state index contributed by atoms with van der Waals surface area (Å²) in [7, 11) is 0. The Morgan fingerprint density at radius 1 is 1.65 bits per heavy atom. The van der Waals surface area contributed by atoms with Gasteiger partial charge in [-0.3, -0.25) is 14.9 Å². The van der Waals surface area contributed by atoms with Crippen molar-refractivity contribution in [3.63, 3.8) is 0 Å². The van der Waals surface area contributed by atoms with E-state index in [2.05, 4.69) is 5.10 Å². The van der Waals surface area contributed by atoms with Crippen LogP contribution in [-0.4, -0.2) is 20.5 Å². The van der Waals surface area contributed by atoms with Crippen molar-refractivity contribution < 1.29 is 9.72 Å². The zero-order valence-electron chi connectivity index (χ0n) is 8.58. The first-order valence-corrected chi connectivity index (χ1v) is 5.68. The first-order chi connectivity index (χ1) is 7.99. The van der Waals surface area contributed by atoms with Crippen molar-refractivity contribution >= 4 is 34.4 Å². The lowest BCUT2D eigenvalue weighted by molar-refractivity contribution is -0.384. The summed E-state index contributed by atoms with van der Waals surface area (Å²) in [4.78, 5) is 21.8. The Balaban J connectivity index is 2.59. The van der Waals surface area contributed by atoms with Crippen LogP contribution >= 0.6 is 22.9 Å². The van der Waals surface area contributed by atoms with Crippen molar-refractivity contribution in [2.24, 2.45) is 0 Å². The molecule has 0 unspecified atom stereocenters. The lowest BCUT2D eigenvalue weighted by Crippen LogP contribution is -1.95. The van der Waals surface area contributed by atoms with Gasteiger partial charge in [-0.05, 0) is 6.92 Å². The first-order valence-electron chi connectivity index (χ1n) is 4.48. The van der Waals surface area contributed by atoms with Crippen LogP contribution in [-0.2, 0) is 0 Å². The topological polar surface area (TPSA) is 78.0 Å². The number of nitro groups is 1. The molecule has 0 amide bonds. The average molecular weight is 272 g/mol. The molecule has 0 spiro atoms. The zero-order chi connectivity index (χ0) is 12.6. The molecule has 0 N–H and O–H groups in total. The Morgan fingerprint density at radius 2 is 2.35 bits per heavy atom. The molecule has 0 atom stereocenters. The van der Waals surface area contributed by atoms with Gasteiger partial charge in [-0.15, -0.1) is 11.3 Å². The maximum atomic E-state index is 11.2. The van der Waals surface area contributed by atoms with Crippen molar-refractivity contribution in [2.45, 2.75) is 6.92 Å². The normalized spacial score (nSPS) is 10.5. The van der Waals surface area contributed by atoms with Gasteiger partial charge in [-0.1, -0.05) is 11.6 Å². The quantitative estimate of drug-likeness (QED) is 0.488. The summed E-state index contributed by atoms with van der Waals surface area (Å²) < 4.78 is 1.29. The molecule has 0 saturated heterocycles. The Labute approximate surface area is 105 Å². The fourth-order valence-electron chi connectivity index (χ4n) is 1.25. The van der Waals surface area contributed by atoms with Crippen LogP contribution in [0.25, 0.3) is 5.00 Å². The Bertz CT molecular complexity index is 604. The van der Waals surface area contributed by atoms with E-state index >= 15 is 0 Å². The van der Waals surface area contributed by atoms with E-state index in [1.807, 2.05) is 0 Å². The number of carbonyl (C=O) groups is 1. The van der Waals surface area contributed by atoms with E-state index in [0.29, 0.717) is 9.90 Å². The van der Waals surface area contributed by atoms with Crippen molar-refractivity contribution in [1.29, 1.82) is 0 Å². The van der Waals surface area contributed by atoms with Crippen molar-refractivity contribution in [3.8, 4) is 5.00 Å². The lowest BCUT2D eigenvalue weighted by atomic mass is 10.3. The summed E-state index contributed by atoms with van der Waals surface area (Å²) in [6, 6.07) is 1.25. The Hall–Kier alpha value is -1.73. The second-order valence-corrected chi connectivity index (χ2v) is 4.68. The number of carbonyl (C=O) groups excluding carboxylic acids is 1. The number of aromatic nitrogens is 2. The summed E-state index contributed by atoms with van der Waals surface area (Å²) in [6.07, 6.45) is 2.82. The molecule has 8 heteroatoms. The molecule has 0 aromatic carbocycles. The van der Waals surface area contributed by atoms with Gasteiger partial charge < -0.3 is 0 Å². The van der Waals surface area contributed by atoms with Crippen LogP contribution in [0.15, 0.2) is 18.5 Å². The van der Waals surface area contributed by atoms with Gasteiger partial charge in [0.1, 0.15) is 0 Å². The number of halogens is 1. The standard InChI is InChI=1S/C9H6ClN3O3S/c1-5(14)8-2-7(13(15)16)9(17-8)12-4-6(10)3-11-12/h2-4H,1H3. The monoisotopic (exact) mass is 271 g/mol. The molecular formula is C9H6ClN3O3S. The van der Waals surface area contributed by atoms with Gasteiger partial charge in [-0.25, -0.2) is 4.68 Å². The second kappa shape index (κ2) is 4.27. The first kappa shape index (κ1) is 11.7. The number of Topliss-reactive ketones (excluding diaryl/α,β-unsaturated/α-hetero) is 1.